The van der Waals surface area contributed by atoms with Crippen molar-refractivity contribution in [1.82, 2.24) is 0 Å². The maximum absolute atomic E-state index is 12.7. The van der Waals surface area contributed by atoms with Gasteiger partial charge in [0.2, 0.25) is 0 Å². The summed E-state index contributed by atoms with van der Waals surface area (Å²) in [5, 5.41) is 25.4. The van der Waals surface area contributed by atoms with Crippen LogP contribution >= 0.6 is 63.7 Å². The van der Waals surface area contributed by atoms with E-state index in [4.69, 9.17) is 28.4 Å². The van der Waals surface area contributed by atoms with Crippen LogP contribution in [-0.2, 0) is 0 Å². The maximum atomic E-state index is 12.7. The quantitative estimate of drug-likeness (QED) is 0.107. The second-order valence-electron chi connectivity index (χ2n) is 19.5. The van der Waals surface area contributed by atoms with Crippen molar-refractivity contribution in [3.63, 3.8) is 0 Å². The fourth-order valence-electron chi connectivity index (χ4n) is 11.1. The van der Waals surface area contributed by atoms with Gasteiger partial charge in [0.1, 0.15) is 63.9 Å². The predicted molar refractivity (Wildman–Crippen MR) is 291 cm³/mol. The topological polar surface area (TPSA) is 95.8 Å². The Kier molecular flexibility index (Phi) is 18.8. The van der Waals surface area contributed by atoms with Crippen LogP contribution in [0, 0.1) is 0 Å². The number of rotatable bonds is 16. The Balaban J connectivity index is 1.58. The highest BCUT2D eigenvalue weighted by atomic mass is 79.9. The summed E-state index contributed by atoms with van der Waals surface area (Å²) < 4.78 is 44.2. The van der Waals surface area contributed by atoms with E-state index in [-0.39, 0.29) is 35.2 Å². The highest BCUT2D eigenvalue weighted by Crippen LogP contribution is 2.59. The lowest BCUT2D eigenvalue weighted by Gasteiger charge is -2.34. The Morgan fingerprint density at radius 1 is 0.348 bits per heavy atom. The summed E-state index contributed by atoms with van der Waals surface area (Å²) in [7, 11) is 0. The molecule has 8 bridgehead atoms. The van der Waals surface area contributed by atoms with Crippen molar-refractivity contribution in [1.29, 1.82) is 0 Å². The minimum Gasteiger partial charge on any atom is -0.506 e. The van der Waals surface area contributed by atoms with Crippen molar-refractivity contribution in [3.8, 4) is 46.0 Å². The molecule has 3 heterocycles. The lowest BCUT2D eigenvalue weighted by atomic mass is 9.76. The summed E-state index contributed by atoms with van der Waals surface area (Å²) in [6.07, 6.45) is 17.5. The molecule has 0 fully saturated rings. The van der Waals surface area contributed by atoms with Crippen LogP contribution < -0.4 is 28.4 Å². The first-order chi connectivity index (χ1) is 33.6. The van der Waals surface area contributed by atoms with E-state index in [1.165, 1.54) is 0 Å². The van der Waals surface area contributed by atoms with Gasteiger partial charge in [0.05, 0.1) is 39.6 Å². The highest BCUT2D eigenvalue weighted by molar-refractivity contribution is 9.11. The summed E-state index contributed by atoms with van der Waals surface area (Å²) in [5.41, 5.74) is 7.84. The minimum atomic E-state index is -0.380. The second kappa shape index (κ2) is 24.8. The van der Waals surface area contributed by atoms with Gasteiger partial charge in [0.15, 0.2) is 0 Å². The van der Waals surface area contributed by atoms with Gasteiger partial charge in [-0.15, -0.1) is 0 Å². The lowest BCUT2D eigenvalue weighted by molar-refractivity contribution is 0.225. The number of ether oxygens (including phenoxy) is 6. The first-order valence-electron chi connectivity index (χ1n) is 26.2. The first-order valence-corrected chi connectivity index (χ1v) is 29.4. The molecule has 0 spiro atoms. The molecule has 0 saturated carbocycles. The number of benzene rings is 4. The third-order valence-electron chi connectivity index (χ3n) is 14.7. The van der Waals surface area contributed by atoms with Crippen molar-refractivity contribution in [2.45, 2.75) is 173 Å². The summed E-state index contributed by atoms with van der Waals surface area (Å²) in [6.45, 7) is 11.7. The molecule has 1 aliphatic carbocycles. The van der Waals surface area contributed by atoms with Crippen LogP contribution in [0.1, 0.15) is 218 Å². The molecule has 376 valence electrons. The van der Waals surface area contributed by atoms with Crippen LogP contribution in [0.25, 0.3) is 0 Å². The summed E-state index contributed by atoms with van der Waals surface area (Å²) in [6, 6.07) is 9.22. The zero-order chi connectivity index (χ0) is 48.6. The van der Waals surface area contributed by atoms with E-state index >= 15 is 0 Å². The molecule has 4 atom stereocenters. The lowest BCUT2D eigenvalue weighted by Crippen LogP contribution is -2.20. The molecule has 8 nitrogen and oxygen atoms in total. The van der Waals surface area contributed by atoms with Crippen LogP contribution in [0.5, 0.6) is 46.0 Å². The van der Waals surface area contributed by atoms with E-state index < -0.39 is 0 Å². The van der Waals surface area contributed by atoms with Crippen LogP contribution in [-0.4, -0.2) is 49.9 Å². The number of halogens is 4. The van der Waals surface area contributed by atoms with E-state index in [1.54, 1.807) is 0 Å². The van der Waals surface area contributed by atoms with Gasteiger partial charge < -0.3 is 38.6 Å². The standard InChI is InChI=1S/C57H72Br4O8/c1-5-9-13-20-34-38-30-40-35(21-14-10-6-2)42-32-44-37(23-16-12-8-4)45-33-43-36(22-15-11-7-3)41-31-39(34)51(63)47(59)53(41)65-25-18-27-67-55(43)49(61)57(45)69-29-19-28-68-56(44)48(60)54(42)66-26-17-24-64-52(40)46(58)50(38)62/h30-37,62-63H,5-29H2,1-4H3/t34?,35-,36+,37?. The third-order valence-corrected chi connectivity index (χ3v) is 17.6. The van der Waals surface area contributed by atoms with Crippen LogP contribution in [0.3, 0.4) is 0 Å². The zero-order valence-electron chi connectivity index (χ0n) is 41.2. The Labute approximate surface area is 444 Å². The maximum Gasteiger partial charge on any atom is 0.141 e. The molecular formula is C57H72Br4O8. The van der Waals surface area contributed by atoms with Gasteiger partial charge >= 0.3 is 0 Å². The summed E-state index contributed by atoms with van der Waals surface area (Å²) in [4.78, 5) is 0. The van der Waals surface area contributed by atoms with Gasteiger partial charge in [-0.2, -0.15) is 0 Å². The minimum absolute atomic E-state index is 0.132. The Morgan fingerprint density at radius 2 is 0.565 bits per heavy atom. The number of hydrogen-bond donors (Lipinski definition) is 2. The average Bonchev–Trinajstić information content (AvgIpc) is 3.34. The van der Waals surface area contributed by atoms with Crippen molar-refractivity contribution in [2.24, 2.45) is 0 Å². The molecule has 2 unspecified atom stereocenters. The number of fused-ring (bicyclic) bond motifs is 2. The Bertz CT molecular complexity index is 2260. The predicted octanol–water partition coefficient (Wildman–Crippen LogP) is 17.8. The van der Waals surface area contributed by atoms with Crippen molar-refractivity contribution in [3.05, 3.63) is 86.7 Å². The highest BCUT2D eigenvalue weighted by Gasteiger charge is 2.39. The van der Waals surface area contributed by atoms with Gasteiger partial charge in [-0.1, -0.05) is 105 Å². The monoisotopic (exact) mass is 1200 g/mol. The number of phenolic OH excluding ortho intramolecular Hbond substituents is 2. The Hall–Kier alpha value is -2.80. The number of hydrogen-bond acceptors (Lipinski definition) is 8. The largest absolute Gasteiger partial charge is 0.506 e. The third kappa shape index (κ3) is 11.1. The van der Waals surface area contributed by atoms with E-state index in [1.807, 2.05) is 0 Å². The molecule has 4 aliphatic rings. The van der Waals surface area contributed by atoms with E-state index in [9.17, 15) is 10.2 Å². The van der Waals surface area contributed by atoms with Gasteiger partial charge in [-0.05, 0) is 114 Å². The van der Waals surface area contributed by atoms with Gasteiger partial charge in [-0.3, -0.25) is 0 Å². The fraction of sp³-hybridized carbons (Fsp3) is 0.579. The molecule has 3 aliphatic heterocycles. The molecule has 0 amide bonds. The van der Waals surface area contributed by atoms with Crippen molar-refractivity contribution in [2.75, 3.05) is 39.6 Å². The summed E-state index contributed by atoms with van der Waals surface area (Å²) >= 11 is 16.4. The van der Waals surface area contributed by atoms with Crippen molar-refractivity contribution < 1.29 is 38.6 Å². The molecule has 4 aromatic rings. The normalized spacial score (nSPS) is 19.7. The zero-order valence-corrected chi connectivity index (χ0v) is 47.5. The van der Waals surface area contributed by atoms with E-state index in [0.29, 0.717) is 85.8 Å². The van der Waals surface area contributed by atoms with Crippen molar-refractivity contribution >= 4 is 63.7 Å². The van der Waals surface area contributed by atoms with Crippen LogP contribution in [0.4, 0.5) is 0 Å². The van der Waals surface area contributed by atoms with Gasteiger partial charge in [0.25, 0.3) is 0 Å². The molecule has 2 N–H and O–H groups in total. The second-order valence-corrected chi connectivity index (χ2v) is 22.7. The number of aromatic hydroxyl groups is 2. The number of unbranched alkanes of at least 4 members (excludes halogenated alkanes) is 8. The SMILES string of the molecule is CCCCCC1c2cc3c(c(Br)c2O)OCCCOc2c(cc4c(c2Br)OCCCOc2c(cc5c(c2Br)OCCCOc2c(cc1c(O)c2Br)[C@@H]5CCCCC)C4CCCCC)[C@@H]3CCCCC. The molecule has 4 aromatic carbocycles. The fourth-order valence-corrected chi connectivity index (χ4v) is 13.6. The molecule has 12 heteroatoms. The molecule has 8 rings (SSSR count). The molecule has 0 aromatic heterocycles. The van der Waals surface area contributed by atoms with Gasteiger partial charge in [0, 0.05) is 87.4 Å². The van der Waals surface area contributed by atoms with Crippen LogP contribution in [0.15, 0.2) is 42.2 Å². The van der Waals surface area contributed by atoms with E-state index in [2.05, 4.69) is 116 Å². The van der Waals surface area contributed by atoms with Crippen LogP contribution in [0.2, 0.25) is 0 Å². The first kappa shape index (κ1) is 52.5. The molecule has 0 radical (unpaired) electrons. The van der Waals surface area contributed by atoms with Gasteiger partial charge in [-0.25, -0.2) is 0 Å². The summed E-state index contributed by atoms with van der Waals surface area (Å²) in [5.74, 6) is 3.95. The molecule has 69 heavy (non-hydrogen) atoms. The molecule has 0 saturated heterocycles. The Morgan fingerprint density at radius 3 is 0.812 bits per heavy atom. The molecular weight excluding hydrogens is 1130 g/mol. The number of phenols is 2. The van der Waals surface area contributed by atoms with E-state index in [0.717, 1.165) is 173 Å². The average molecular weight is 1200 g/mol. The smallest absolute Gasteiger partial charge is 0.141 e.